The van der Waals surface area contributed by atoms with Crippen LogP contribution in [0.5, 0.6) is 6.01 Å². The van der Waals surface area contributed by atoms with Crippen molar-refractivity contribution in [1.82, 2.24) is 9.97 Å². The summed E-state index contributed by atoms with van der Waals surface area (Å²) in [5, 5.41) is 0. The number of rotatable bonds is 4. The maximum Gasteiger partial charge on any atom is 0.347 e. The molecule has 0 N–H and O–H groups in total. The summed E-state index contributed by atoms with van der Waals surface area (Å²) in [5.74, 6) is -0.422. The highest BCUT2D eigenvalue weighted by Gasteiger charge is 2.26. The highest BCUT2D eigenvalue weighted by atomic mass is 16.6. The molecule has 0 saturated heterocycles. The van der Waals surface area contributed by atoms with Crippen molar-refractivity contribution in [3.05, 3.63) is 17.5 Å². The second-order valence-electron chi connectivity index (χ2n) is 4.24. The average molecular weight is 238 g/mol. The third kappa shape index (κ3) is 3.69. The van der Waals surface area contributed by atoms with E-state index >= 15 is 0 Å². The first-order chi connectivity index (χ1) is 7.93. The molecule has 1 rings (SSSR count). The standard InChI is InChI=1S/C12H18N2O3/c1-7(2)10(11(15)16-5)17-12-13-8(3)6-9(4)14-12/h6-7,10H,1-5H3/t10-/m0/s1. The summed E-state index contributed by atoms with van der Waals surface area (Å²) in [7, 11) is 1.34. The van der Waals surface area contributed by atoms with E-state index in [0.29, 0.717) is 0 Å². The molecular formula is C12H18N2O3. The van der Waals surface area contributed by atoms with Crippen LogP contribution in [0, 0.1) is 19.8 Å². The first-order valence-corrected chi connectivity index (χ1v) is 5.50. The summed E-state index contributed by atoms with van der Waals surface area (Å²) in [6.45, 7) is 7.46. The lowest BCUT2D eigenvalue weighted by molar-refractivity contribution is -0.151. The van der Waals surface area contributed by atoms with E-state index in [2.05, 4.69) is 14.7 Å². The number of hydrogen-bond donors (Lipinski definition) is 0. The van der Waals surface area contributed by atoms with Crippen LogP contribution in [-0.2, 0) is 9.53 Å². The third-order valence-electron chi connectivity index (χ3n) is 2.23. The summed E-state index contributed by atoms with van der Waals surface area (Å²) in [6.07, 6.45) is -0.679. The van der Waals surface area contributed by atoms with E-state index in [-0.39, 0.29) is 11.9 Å². The fourth-order valence-electron chi connectivity index (χ4n) is 1.43. The molecule has 0 unspecified atom stereocenters. The molecule has 0 amide bonds. The second-order valence-corrected chi connectivity index (χ2v) is 4.24. The van der Waals surface area contributed by atoms with E-state index < -0.39 is 12.1 Å². The summed E-state index contributed by atoms with van der Waals surface area (Å²) >= 11 is 0. The molecule has 0 saturated carbocycles. The van der Waals surface area contributed by atoms with Gasteiger partial charge in [-0.05, 0) is 19.9 Å². The molecule has 0 aromatic carbocycles. The minimum atomic E-state index is -0.679. The Kier molecular flexibility index (Phi) is 4.43. The predicted octanol–water partition coefficient (Wildman–Crippen LogP) is 1.67. The van der Waals surface area contributed by atoms with Gasteiger partial charge in [0.15, 0.2) is 0 Å². The maximum atomic E-state index is 11.5. The van der Waals surface area contributed by atoms with Gasteiger partial charge in [0, 0.05) is 17.3 Å². The zero-order valence-electron chi connectivity index (χ0n) is 10.9. The number of aromatic nitrogens is 2. The van der Waals surface area contributed by atoms with Crippen LogP contribution in [0.3, 0.4) is 0 Å². The van der Waals surface area contributed by atoms with Crippen LogP contribution in [-0.4, -0.2) is 29.2 Å². The number of methoxy groups -OCH3 is 1. The van der Waals surface area contributed by atoms with Crippen LogP contribution < -0.4 is 4.74 Å². The Labute approximate surface area is 101 Å². The van der Waals surface area contributed by atoms with E-state index in [1.54, 1.807) is 0 Å². The van der Waals surface area contributed by atoms with Crippen molar-refractivity contribution < 1.29 is 14.3 Å². The van der Waals surface area contributed by atoms with Crippen molar-refractivity contribution in [2.75, 3.05) is 7.11 Å². The molecule has 1 atom stereocenters. The SMILES string of the molecule is COC(=O)[C@@H](Oc1nc(C)cc(C)n1)C(C)C. The topological polar surface area (TPSA) is 61.3 Å². The van der Waals surface area contributed by atoms with Crippen molar-refractivity contribution in [2.24, 2.45) is 5.92 Å². The molecule has 0 bridgehead atoms. The fourth-order valence-corrected chi connectivity index (χ4v) is 1.43. The molecule has 94 valence electrons. The number of carbonyl (C=O) groups excluding carboxylic acids is 1. The van der Waals surface area contributed by atoms with Crippen LogP contribution in [0.4, 0.5) is 0 Å². The molecular weight excluding hydrogens is 220 g/mol. The minimum Gasteiger partial charge on any atom is -0.466 e. The van der Waals surface area contributed by atoms with Crippen molar-refractivity contribution in [3.8, 4) is 6.01 Å². The fraction of sp³-hybridized carbons (Fsp3) is 0.583. The van der Waals surface area contributed by atoms with E-state index in [0.717, 1.165) is 11.4 Å². The van der Waals surface area contributed by atoms with Gasteiger partial charge in [-0.25, -0.2) is 14.8 Å². The maximum absolute atomic E-state index is 11.5. The van der Waals surface area contributed by atoms with Crippen LogP contribution in [0.25, 0.3) is 0 Å². The number of nitrogens with zero attached hydrogens (tertiary/aromatic N) is 2. The number of esters is 1. The van der Waals surface area contributed by atoms with E-state index in [4.69, 9.17) is 4.74 Å². The Morgan fingerprint density at radius 1 is 1.24 bits per heavy atom. The predicted molar refractivity (Wildman–Crippen MR) is 62.8 cm³/mol. The molecule has 1 aromatic rings. The van der Waals surface area contributed by atoms with Gasteiger partial charge in [0.05, 0.1) is 7.11 Å². The van der Waals surface area contributed by atoms with E-state index in [1.807, 2.05) is 33.8 Å². The molecule has 0 aliphatic carbocycles. The third-order valence-corrected chi connectivity index (χ3v) is 2.23. The molecule has 0 radical (unpaired) electrons. The van der Waals surface area contributed by atoms with Crippen molar-refractivity contribution in [3.63, 3.8) is 0 Å². The van der Waals surface area contributed by atoms with Crippen LogP contribution in [0.2, 0.25) is 0 Å². The molecule has 17 heavy (non-hydrogen) atoms. The van der Waals surface area contributed by atoms with Gasteiger partial charge in [-0.2, -0.15) is 0 Å². The summed E-state index contributed by atoms with van der Waals surface area (Å²) in [5.41, 5.74) is 1.61. The molecule has 1 heterocycles. The van der Waals surface area contributed by atoms with Crippen molar-refractivity contribution in [2.45, 2.75) is 33.8 Å². The Hall–Kier alpha value is -1.65. The zero-order chi connectivity index (χ0) is 13.0. The first-order valence-electron chi connectivity index (χ1n) is 5.50. The lowest BCUT2D eigenvalue weighted by Gasteiger charge is -2.18. The van der Waals surface area contributed by atoms with E-state index in [9.17, 15) is 4.79 Å². The number of carbonyl (C=O) groups is 1. The monoisotopic (exact) mass is 238 g/mol. The summed E-state index contributed by atoms with van der Waals surface area (Å²) in [4.78, 5) is 19.8. The van der Waals surface area contributed by atoms with Gasteiger partial charge in [-0.3, -0.25) is 0 Å². The smallest absolute Gasteiger partial charge is 0.347 e. The average Bonchev–Trinajstić information content (AvgIpc) is 2.23. The largest absolute Gasteiger partial charge is 0.466 e. The Balaban J connectivity index is 2.89. The van der Waals surface area contributed by atoms with Gasteiger partial charge in [0.25, 0.3) is 0 Å². The van der Waals surface area contributed by atoms with Gasteiger partial charge in [-0.1, -0.05) is 13.8 Å². The summed E-state index contributed by atoms with van der Waals surface area (Å²) < 4.78 is 10.2. The number of ether oxygens (including phenoxy) is 2. The van der Waals surface area contributed by atoms with Crippen LogP contribution >= 0.6 is 0 Å². The highest BCUT2D eigenvalue weighted by molar-refractivity contribution is 5.75. The minimum absolute atomic E-state index is 0.00753. The van der Waals surface area contributed by atoms with Gasteiger partial charge in [0.1, 0.15) is 0 Å². The molecule has 1 aromatic heterocycles. The first kappa shape index (κ1) is 13.4. The molecule has 5 nitrogen and oxygen atoms in total. The molecule has 0 fully saturated rings. The van der Waals surface area contributed by atoms with Gasteiger partial charge >= 0.3 is 12.0 Å². The lowest BCUT2D eigenvalue weighted by Crippen LogP contribution is -2.34. The van der Waals surface area contributed by atoms with E-state index in [1.165, 1.54) is 7.11 Å². The van der Waals surface area contributed by atoms with Crippen molar-refractivity contribution >= 4 is 5.97 Å². The highest BCUT2D eigenvalue weighted by Crippen LogP contribution is 2.13. The normalized spacial score (nSPS) is 12.4. The van der Waals surface area contributed by atoms with Crippen molar-refractivity contribution in [1.29, 1.82) is 0 Å². The summed E-state index contributed by atoms with van der Waals surface area (Å²) in [6, 6.07) is 2.06. The Bertz CT molecular complexity index is 384. The number of aryl methyl sites for hydroxylation is 2. The molecule has 0 aliphatic heterocycles. The quantitative estimate of drug-likeness (QED) is 0.747. The van der Waals surface area contributed by atoms with Gasteiger partial charge in [0.2, 0.25) is 6.10 Å². The van der Waals surface area contributed by atoms with Gasteiger partial charge in [-0.15, -0.1) is 0 Å². The zero-order valence-corrected chi connectivity index (χ0v) is 10.9. The molecule has 0 spiro atoms. The molecule has 0 aliphatic rings. The van der Waals surface area contributed by atoms with Gasteiger partial charge < -0.3 is 9.47 Å². The van der Waals surface area contributed by atoms with Crippen LogP contribution in [0.15, 0.2) is 6.07 Å². The lowest BCUT2D eigenvalue weighted by atomic mass is 10.1. The Morgan fingerprint density at radius 3 is 2.18 bits per heavy atom. The second kappa shape index (κ2) is 5.61. The molecule has 5 heteroatoms. The van der Waals surface area contributed by atoms with Crippen LogP contribution in [0.1, 0.15) is 25.2 Å². The number of hydrogen-bond acceptors (Lipinski definition) is 5. The Morgan fingerprint density at radius 2 is 1.76 bits per heavy atom.